The average Bonchev–Trinajstić information content (AvgIpc) is 3.58. The second kappa shape index (κ2) is 15.1. The lowest BCUT2D eigenvalue weighted by atomic mass is 9.45. The smallest absolute Gasteiger partial charge is 0.335 e. The first kappa shape index (κ1) is 39.4. The largest absolute Gasteiger partial charge is 0.466 e. The van der Waals surface area contributed by atoms with Crippen LogP contribution in [-0.4, -0.2) is 42.1 Å². The molecule has 1 N–H and O–H groups in total. The highest BCUT2D eigenvalue weighted by atomic mass is 35.5. The molecule has 2 aliphatic heterocycles. The first-order valence-electron chi connectivity index (χ1n) is 18.8. The van der Waals surface area contributed by atoms with E-state index in [9.17, 15) is 9.90 Å². The second-order valence-electron chi connectivity index (χ2n) is 14.4. The number of rotatable bonds is 9. The van der Waals surface area contributed by atoms with Crippen LogP contribution in [-0.2, 0) is 58.2 Å². The van der Waals surface area contributed by atoms with Gasteiger partial charge in [-0.05, 0) is 96.3 Å². The number of halogens is 3. The summed E-state index contributed by atoms with van der Waals surface area (Å²) in [7, 11) is 0. The zero-order valence-corrected chi connectivity index (χ0v) is 33.7. The first-order valence-corrected chi connectivity index (χ1v) is 19.9. The third kappa shape index (κ3) is 5.78. The highest BCUT2D eigenvalue weighted by molar-refractivity contribution is 6.32. The summed E-state index contributed by atoms with van der Waals surface area (Å²) in [5, 5.41) is 14.6. The molecular weight excluding hydrogens is 799 g/mol. The van der Waals surface area contributed by atoms with Crippen LogP contribution in [0.3, 0.4) is 0 Å². The normalized spacial score (nSPS) is 23.2. The molecule has 1 aliphatic carbocycles. The predicted octanol–water partition coefficient (Wildman–Crippen LogP) is 8.49. The molecule has 9 nitrogen and oxygen atoms in total. The highest BCUT2D eigenvalue weighted by Gasteiger charge is 2.80. The molecule has 0 unspecified atom stereocenters. The Labute approximate surface area is 350 Å². The summed E-state index contributed by atoms with van der Waals surface area (Å²) in [4.78, 5) is 65.5. The third-order valence-corrected chi connectivity index (χ3v) is 12.1. The molecule has 12 heteroatoms. The maximum Gasteiger partial charge on any atom is 0.335 e. The van der Waals surface area contributed by atoms with Crippen LogP contribution in [0.25, 0.3) is 0 Å². The van der Waals surface area contributed by atoms with E-state index in [1.165, 1.54) is 52.3 Å². The Morgan fingerprint density at radius 1 is 0.655 bits per heavy atom. The van der Waals surface area contributed by atoms with Crippen molar-refractivity contribution in [3.8, 4) is 0 Å². The van der Waals surface area contributed by atoms with E-state index in [0.717, 1.165) is 11.1 Å². The number of benzene rings is 5. The van der Waals surface area contributed by atoms with Gasteiger partial charge in [-0.15, -0.1) is 0 Å². The Bertz CT molecular complexity index is 2500. The van der Waals surface area contributed by atoms with E-state index in [1.54, 1.807) is 38.1 Å². The third-order valence-electron chi connectivity index (χ3n) is 11.4. The number of anilines is 2. The Morgan fingerprint density at radius 2 is 1.16 bits per heavy atom. The minimum absolute atomic E-state index is 0.0141. The van der Waals surface area contributed by atoms with Gasteiger partial charge in [-0.25, -0.2) is 4.79 Å². The number of fused-ring (bicyclic) bond motifs is 4. The van der Waals surface area contributed by atoms with Gasteiger partial charge < -0.3 is 24.4 Å². The van der Waals surface area contributed by atoms with Gasteiger partial charge in [0.15, 0.2) is 0 Å². The predicted molar refractivity (Wildman–Crippen MR) is 222 cm³/mol. The topological polar surface area (TPSA) is 113 Å². The lowest BCUT2D eigenvalue weighted by Crippen LogP contribution is -2.71. The van der Waals surface area contributed by atoms with E-state index in [4.69, 9.17) is 44.3 Å². The van der Waals surface area contributed by atoms with Crippen LogP contribution in [0.1, 0.15) is 41.7 Å². The van der Waals surface area contributed by atoms with Crippen molar-refractivity contribution in [2.24, 2.45) is 5.92 Å². The molecule has 0 radical (unpaired) electrons. The zero-order valence-electron chi connectivity index (χ0n) is 31.5. The van der Waals surface area contributed by atoms with Crippen LogP contribution in [0.4, 0.5) is 11.4 Å². The molecule has 2 heterocycles. The number of aliphatic hydroxyl groups is 1. The molecule has 0 bridgehead atoms. The Kier molecular flexibility index (Phi) is 10.2. The fourth-order valence-corrected chi connectivity index (χ4v) is 9.66. The molecule has 58 heavy (non-hydrogen) atoms. The molecule has 5 aromatic carbocycles. The minimum Gasteiger partial charge on any atom is -0.466 e. The van der Waals surface area contributed by atoms with E-state index < -0.39 is 46.1 Å². The number of esters is 2. The molecule has 0 aromatic heterocycles. The van der Waals surface area contributed by atoms with Gasteiger partial charge in [0, 0.05) is 26.4 Å². The molecule has 0 saturated carbocycles. The van der Waals surface area contributed by atoms with Crippen molar-refractivity contribution < 1.29 is 33.8 Å². The number of carbonyl (C=O) groups is 4. The van der Waals surface area contributed by atoms with Crippen LogP contribution in [0, 0.1) is 5.92 Å². The molecule has 0 fully saturated rings. The van der Waals surface area contributed by atoms with Crippen molar-refractivity contribution in [3.63, 3.8) is 0 Å². The van der Waals surface area contributed by atoms with Crippen LogP contribution >= 0.6 is 34.8 Å². The summed E-state index contributed by atoms with van der Waals surface area (Å²) >= 11 is 20.0. The SMILES string of the molecule is CCOC(=O)C1=C[C@](O)(c2ccc(Cl)cc2)[C@]2(C(=O)N(Cc3ccccc3)c3ccc(Cl)cc32)[C@H](C(=O)OCC)[C@@]12C(=O)N(Cc1ccccc1)c1ccc(Cl)cc12. The Hall–Kier alpha value is -5.45. The average molecular weight is 836 g/mol. The van der Waals surface area contributed by atoms with Gasteiger partial charge in [0.1, 0.15) is 22.3 Å². The molecule has 0 saturated heterocycles. The number of hydrogen-bond acceptors (Lipinski definition) is 7. The van der Waals surface area contributed by atoms with Crippen molar-refractivity contribution in [1.82, 2.24) is 0 Å². The van der Waals surface area contributed by atoms with Gasteiger partial charge in [-0.1, -0.05) is 108 Å². The van der Waals surface area contributed by atoms with Gasteiger partial charge in [0.2, 0.25) is 11.8 Å². The van der Waals surface area contributed by atoms with Gasteiger partial charge in [0.05, 0.1) is 31.9 Å². The molecule has 8 rings (SSSR count). The summed E-state index contributed by atoms with van der Waals surface area (Å²) in [5.41, 5.74) is -5.15. The van der Waals surface area contributed by atoms with Crippen molar-refractivity contribution in [2.75, 3.05) is 23.0 Å². The number of nitrogens with zero attached hydrogens (tertiary/aromatic N) is 2. The quantitative estimate of drug-likeness (QED) is 0.148. The molecule has 3 aliphatic rings. The van der Waals surface area contributed by atoms with Crippen LogP contribution in [0.5, 0.6) is 0 Å². The lowest BCUT2D eigenvalue weighted by Gasteiger charge is -2.55. The van der Waals surface area contributed by atoms with Crippen molar-refractivity contribution in [2.45, 2.75) is 43.4 Å². The highest BCUT2D eigenvalue weighted by Crippen LogP contribution is 2.68. The first-order chi connectivity index (χ1) is 27.9. The van der Waals surface area contributed by atoms with Crippen molar-refractivity contribution >= 4 is 69.9 Å². The fourth-order valence-electron chi connectivity index (χ4n) is 9.19. The number of ether oxygens (including phenoxy) is 2. The zero-order chi connectivity index (χ0) is 41.0. The van der Waals surface area contributed by atoms with Gasteiger partial charge in [0.25, 0.3) is 0 Å². The van der Waals surface area contributed by atoms with E-state index in [2.05, 4.69) is 0 Å². The second-order valence-corrected chi connectivity index (χ2v) is 15.7. The standard InChI is InChI=1S/C46H37Cl3N2O7/c1-3-57-40(52)36-25-44(56,30-15-17-31(47)18-16-30)46(35-24-33(49)20-22-38(35)51(43(46)55)27-29-13-9-6-10-14-29)39(41(53)58-4-2)45(36)34-23-32(48)19-21-37(34)50(42(45)54)26-28-11-7-5-8-12-28/h5-25,39,56H,3-4,26-27H2,1-2H3/t39-,44+,45+,46+/m1/s1. The summed E-state index contributed by atoms with van der Waals surface area (Å²) in [6.45, 7) is 2.95. The lowest BCUT2D eigenvalue weighted by molar-refractivity contribution is -0.171. The number of hydrogen-bond donors (Lipinski definition) is 1. The number of carbonyl (C=O) groups excluding carboxylic acids is 4. The van der Waals surface area contributed by atoms with Crippen molar-refractivity contribution in [3.05, 3.63) is 176 Å². The number of amides is 2. The van der Waals surface area contributed by atoms with E-state index in [0.29, 0.717) is 16.4 Å². The minimum atomic E-state index is -2.56. The maximum absolute atomic E-state index is 16.2. The summed E-state index contributed by atoms with van der Waals surface area (Å²) in [6.07, 6.45) is 1.22. The molecule has 294 valence electrons. The van der Waals surface area contributed by atoms with Gasteiger partial charge in [-0.3, -0.25) is 14.4 Å². The van der Waals surface area contributed by atoms with Crippen molar-refractivity contribution in [1.29, 1.82) is 0 Å². The van der Waals surface area contributed by atoms with Crippen LogP contribution in [0.2, 0.25) is 15.1 Å². The fraction of sp³-hybridized carbons (Fsp3) is 0.217. The van der Waals surface area contributed by atoms with Crippen LogP contribution < -0.4 is 9.80 Å². The molecule has 5 aromatic rings. The van der Waals surface area contributed by atoms with E-state index >= 15 is 14.4 Å². The summed E-state index contributed by atoms with van der Waals surface area (Å²) in [6, 6.07) is 34.1. The van der Waals surface area contributed by atoms with Crippen LogP contribution in [0.15, 0.2) is 133 Å². The molecule has 2 amide bonds. The Morgan fingerprint density at radius 3 is 1.71 bits per heavy atom. The summed E-state index contributed by atoms with van der Waals surface area (Å²) in [5.74, 6) is -5.44. The maximum atomic E-state index is 16.2. The van der Waals surface area contributed by atoms with E-state index in [1.807, 2.05) is 60.7 Å². The molecular formula is C46H37Cl3N2O7. The monoisotopic (exact) mass is 834 g/mol. The van der Waals surface area contributed by atoms with Gasteiger partial charge in [-0.2, -0.15) is 0 Å². The molecule has 2 spiro atoms. The Balaban J connectivity index is 1.56. The summed E-state index contributed by atoms with van der Waals surface area (Å²) < 4.78 is 11.6. The molecule has 4 atom stereocenters. The van der Waals surface area contributed by atoms with Gasteiger partial charge >= 0.3 is 11.9 Å². The van der Waals surface area contributed by atoms with E-state index in [-0.39, 0.29) is 58.6 Å².